The van der Waals surface area contributed by atoms with Crippen LogP contribution in [0.2, 0.25) is 0 Å². The van der Waals surface area contributed by atoms with Gasteiger partial charge in [0.15, 0.2) is 0 Å². The fourth-order valence-corrected chi connectivity index (χ4v) is 3.57. The van der Waals surface area contributed by atoms with E-state index in [9.17, 15) is 9.90 Å². The summed E-state index contributed by atoms with van der Waals surface area (Å²) in [7, 11) is 0. The standard InChI is InChI=1S/C18H34N2O3/c1-14(2)9-11-23-17-8-4-3-7-16(17)19-18(22)20-10-5-6-15(12-20)13-21/h14-17,21H,3-13H2,1-2H3,(H,19,22). The number of ether oxygens (including phenoxy) is 1. The van der Waals surface area contributed by atoms with Crippen LogP contribution in [0.3, 0.4) is 0 Å². The minimum atomic E-state index is 0.0208. The SMILES string of the molecule is CC(C)CCOC1CCCCC1NC(=O)N1CCCC(CO)C1. The van der Waals surface area contributed by atoms with Crippen molar-refractivity contribution in [3.05, 3.63) is 0 Å². The quantitative estimate of drug-likeness (QED) is 0.789. The summed E-state index contributed by atoms with van der Waals surface area (Å²) in [4.78, 5) is 14.4. The average molecular weight is 326 g/mol. The minimum absolute atomic E-state index is 0.0208. The van der Waals surface area contributed by atoms with Gasteiger partial charge in [0.1, 0.15) is 0 Å². The van der Waals surface area contributed by atoms with Crippen LogP contribution in [0.15, 0.2) is 0 Å². The normalized spacial score (nSPS) is 28.9. The summed E-state index contributed by atoms with van der Waals surface area (Å²) in [5.41, 5.74) is 0. The molecule has 1 aliphatic heterocycles. The molecule has 3 unspecified atom stereocenters. The van der Waals surface area contributed by atoms with Gasteiger partial charge in [-0.1, -0.05) is 26.7 Å². The number of nitrogens with zero attached hydrogens (tertiary/aromatic N) is 1. The number of carbonyl (C=O) groups is 1. The first-order valence-electron chi connectivity index (χ1n) is 9.38. The molecule has 0 aromatic rings. The third-order valence-electron chi connectivity index (χ3n) is 5.10. The number of aliphatic hydroxyl groups excluding tert-OH is 1. The summed E-state index contributed by atoms with van der Waals surface area (Å²) < 4.78 is 6.06. The summed E-state index contributed by atoms with van der Waals surface area (Å²) >= 11 is 0. The molecule has 1 saturated carbocycles. The van der Waals surface area contributed by atoms with E-state index in [-0.39, 0.29) is 30.7 Å². The van der Waals surface area contributed by atoms with Crippen LogP contribution in [0.1, 0.15) is 58.8 Å². The van der Waals surface area contributed by atoms with Gasteiger partial charge in [0.05, 0.1) is 12.1 Å². The molecular weight excluding hydrogens is 292 g/mol. The van der Waals surface area contributed by atoms with Crippen LogP contribution in [0, 0.1) is 11.8 Å². The van der Waals surface area contributed by atoms with E-state index in [1.807, 2.05) is 4.90 Å². The third-order valence-corrected chi connectivity index (χ3v) is 5.10. The Morgan fingerprint density at radius 3 is 2.78 bits per heavy atom. The van der Waals surface area contributed by atoms with Gasteiger partial charge in [-0.3, -0.25) is 0 Å². The van der Waals surface area contributed by atoms with Crippen molar-refractivity contribution in [2.45, 2.75) is 70.9 Å². The van der Waals surface area contributed by atoms with E-state index in [4.69, 9.17) is 4.74 Å². The van der Waals surface area contributed by atoms with E-state index >= 15 is 0 Å². The predicted octanol–water partition coefficient (Wildman–Crippen LogP) is 2.77. The molecule has 0 radical (unpaired) electrons. The van der Waals surface area contributed by atoms with Crippen molar-refractivity contribution in [3.8, 4) is 0 Å². The molecular formula is C18H34N2O3. The molecule has 0 spiro atoms. The van der Waals surface area contributed by atoms with Crippen LogP contribution in [0.4, 0.5) is 4.79 Å². The highest BCUT2D eigenvalue weighted by Crippen LogP contribution is 2.23. The van der Waals surface area contributed by atoms with Crippen LogP contribution < -0.4 is 5.32 Å². The van der Waals surface area contributed by atoms with Crippen LogP contribution in [-0.2, 0) is 4.74 Å². The Balaban J connectivity index is 1.81. The molecule has 2 N–H and O–H groups in total. The zero-order chi connectivity index (χ0) is 16.7. The summed E-state index contributed by atoms with van der Waals surface area (Å²) in [6.45, 7) is 6.84. The Morgan fingerprint density at radius 2 is 2.04 bits per heavy atom. The Bertz CT molecular complexity index is 362. The first-order chi connectivity index (χ1) is 11.1. The van der Waals surface area contributed by atoms with E-state index in [0.717, 1.165) is 51.7 Å². The molecule has 2 aliphatic rings. The highest BCUT2D eigenvalue weighted by Gasteiger charge is 2.30. The number of carbonyl (C=O) groups excluding carboxylic acids is 1. The first kappa shape index (κ1) is 18.5. The van der Waals surface area contributed by atoms with E-state index in [1.54, 1.807) is 0 Å². The van der Waals surface area contributed by atoms with Crippen molar-refractivity contribution in [2.75, 3.05) is 26.3 Å². The van der Waals surface area contributed by atoms with Crippen LogP contribution in [-0.4, -0.2) is 54.5 Å². The zero-order valence-electron chi connectivity index (χ0n) is 14.8. The van der Waals surface area contributed by atoms with Gasteiger partial charge in [-0.15, -0.1) is 0 Å². The Morgan fingerprint density at radius 1 is 1.26 bits per heavy atom. The number of nitrogens with one attached hydrogen (secondary N) is 1. The maximum Gasteiger partial charge on any atom is 0.317 e. The van der Waals surface area contributed by atoms with Gasteiger partial charge in [0.2, 0.25) is 0 Å². The first-order valence-corrected chi connectivity index (χ1v) is 9.38. The predicted molar refractivity (Wildman–Crippen MR) is 91.4 cm³/mol. The van der Waals surface area contributed by atoms with Crippen LogP contribution >= 0.6 is 0 Å². The highest BCUT2D eigenvalue weighted by molar-refractivity contribution is 5.74. The number of likely N-dealkylation sites (tertiary alicyclic amines) is 1. The number of urea groups is 1. The maximum absolute atomic E-state index is 12.5. The molecule has 1 saturated heterocycles. The van der Waals surface area contributed by atoms with Crippen molar-refractivity contribution in [2.24, 2.45) is 11.8 Å². The van der Waals surface area contributed by atoms with E-state index in [2.05, 4.69) is 19.2 Å². The minimum Gasteiger partial charge on any atom is -0.396 e. The molecule has 23 heavy (non-hydrogen) atoms. The highest BCUT2D eigenvalue weighted by atomic mass is 16.5. The number of aliphatic hydroxyl groups is 1. The molecule has 3 atom stereocenters. The number of rotatable bonds is 6. The molecule has 2 rings (SSSR count). The third kappa shape index (κ3) is 5.96. The summed E-state index contributed by atoms with van der Waals surface area (Å²) in [5, 5.41) is 12.5. The monoisotopic (exact) mass is 326 g/mol. The van der Waals surface area contributed by atoms with Gasteiger partial charge in [-0.2, -0.15) is 0 Å². The molecule has 1 aliphatic carbocycles. The van der Waals surface area contributed by atoms with E-state index < -0.39 is 0 Å². The number of amides is 2. The van der Waals surface area contributed by atoms with Crippen LogP contribution in [0.5, 0.6) is 0 Å². The summed E-state index contributed by atoms with van der Waals surface area (Å²) in [6.07, 6.45) is 7.63. The molecule has 5 nitrogen and oxygen atoms in total. The maximum atomic E-state index is 12.5. The lowest BCUT2D eigenvalue weighted by Gasteiger charge is -2.36. The van der Waals surface area contributed by atoms with Crippen molar-refractivity contribution in [3.63, 3.8) is 0 Å². The second-order valence-corrected chi connectivity index (χ2v) is 7.57. The smallest absolute Gasteiger partial charge is 0.317 e. The van der Waals surface area contributed by atoms with Crippen molar-refractivity contribution < 1.29 is 14.6 Å². The van der Waals surface area contributed by atoms with Crippen LogP contribution in [0.25, 0.3) is 0 Å². The zero-order valence-corrected chi connectivity index (χ0v) is 14.8. The van der Waals surface area contributed by atoms with E-state index in [1.165, 1.54) is 6.42 Å². The Hall–Kier alpha value is -0.810. The van der Waals surface area contributed by atoms with Gasteiger partial charge in [0, 0.05) is 26.3 Å². The molecule has 0 aromatic heterocycles. The lowest BCUT2D eigenvalue weighted by atomic mass is 9.92. The number of hydrogen-bond acceptors (Lipinski definition) is 3. The topological polar surface area (TPSA) is 61.8 Å². The largest absolute Gasteiger partial charge is 0.396 e. The van der Waals surface area contributed by atoms with Crippen molar-refractivity contribution in [1.82, 2.24) is 10.2 Å². The Kier molecular flexibility index (Phi) is 7.63. The summed E-state index contributed by atoms with van der Waals surface area (Å²) in [5.74, 6) is 0.884. The van der Waals surface area contributed by atoms with E-state index in [0.29, 0.717) is 12.5 Å². The lowest BCUT2D eigenvalue weighted by Crippen LogP contribution is -2.53. The fraction of sp³-hybridized carbons (Fsp3) is 0.944. The molecule has 0 bridgehead atoms. The fourth-order valence-electron chi connectivity index (χ4n) is 3.57. The summed E-state index contributed by atoms with van der Waals surface area (Å²) in [6, 6.07) is 0.158. The number of piperidine rings is 1. The molecule has 5 heteroatoms. The molecule has 2 fully saturated rings. The molecule has 2 amide bonds. The van der Waals surface area contributed by atoms with Gasteiger partial charge in [0.25, 0.3) is 0 Å². The average Bonchev–Trinajstić information content (AvgIpc) is 2.56. The van der Waals surface area contributed by atoms with Gasteiger partial charge >= 0.3 is 6.03 Å². The van der Waals surface area contributed by atoms with Gasteiger partial charge in [-0.25, -0.2) is 4.79 Å². The number of hydrogen-bond donors (Lipinski definition) is 2. The molecule has 0 aromatic carbocycles. The van der Waals surface area contributed by atoms with Crippen molar-refractivity contribution >= 4 is 6.03 Å². The van der Waals surface area contributed by atoms with Gasteiger partial charge < -0.3 is 20.1 Å². The Labute approximate surface area is 140 Å². The van der Waals surface area contributed by atoms with Crippen molar-refractivity contribution in [1.29, 1.82) is 0 Å². The van der Waals surface area contributed by atoms with Gasteiger partial charge in [-0.05, 0) is 43.9 Å². The lowest BCUT2D eigenvalue weighted by molar-refractivity contribution is 0.00159. The molecule has 134 valence electrons. The second-order valence-electron chi connectivity index (χ2n) is 7.57. The molecule has 1 heterocycles. The second kappa shape index (κ2) is 9.48.